The molecule has 0 aliphatic carbocycles. The molecule has 3 heteroatoms. The molecule has 3 nitrogen and oxygen atoms in total. The lowest BCUT2D eigenvalue weighted by atomic mass is 10.1. The van der Waals surface area contributed by atoms with Gasteiger partial charge < -0.3 is 15.6 Å². The van der Waals surface area contributed by atoms with Gasteiger partial charge in [0.2, 0.25) is 0 Å². The van der Waals surface area contributed by atoms with E-state index in [0.717, 1.165) is 16.9 Å². The van der Waals surface area contributed by atoms with E-state index in [1.807, 2.05) is 26.0 Å². The van der Waals surface area contributed by atoms with Crippen molar-refractivity contribution in [2.45, 2.75) is 20.3 Å². The first-order valence-electron chi connectivity index (χ1n) is 4.75. The molecule has 78 valence electrons. The van der Waals surface area contributed by atoms with Crippen molar-refractivity contribution in [2.24, 2.45) is 0 Å². The zero-order chi connectivity index (χ0) is 10.6. The van der Waals surface area contributed by atoms with Crippen molar-refractivity contribution in [2.75, 3.05) is 18.9 Å². The van der Waals surface area contributed by atoms with E-state index in [2.05, 4.69) is 0 Å². The van der Waals surface area contributed by atoms with Crippen molar-refractivity contribution in [3.63, 3.8) is 0 Å². The predicted molar refractivity (Wildman–Crippen MR) is 57.5 cm³/mol. The first-order chi connectivity index (χ1) is 6.65. The number of rotatable bonds is 4. The molecule has 0 amide bonds. The van der Waals surface area contributed by atoms with Crippen LogP contribution in [0.3, 0.4) is 0 Å². The molecule has 0 aliphatic heterocycles. The standard InChI is InChI=1S/C11H17NO2/c1-8-6-9(2)11(10(12)7-8)14-5-3-4-13/h6-7,13H,3-5,12H2,1-2H3. The molecule has 0 fully saturated rings. The molecule has 0 heterocycles. The quantitative estimate of drug-likeness (QED) is 0.567. The Labute approximate surface area is 84.5 Å². The van der Waals surface area contributed by atoms with Gasteiger partial charge in [-0.25, -0.2) is 0 Å². The van der Waals surface area contributed by atoms with Crippen molar-refractivity contribution in [3.8, 4) is 5.75 Å². The maximum atomic E-state index is 8.62. The van der Waals surface area contributed by atoms with Gasteiger partial charge in [0, 0.05) is 13.0 Å². The minimum absolute atomic E-state index is 0.144. The van der Waals surface area contributed by atoms with E-state index in [9.17, 15) is 0 Å². The Balaban J connectivity index is 2.75. The van der Waals surface area contributed by atoms with Crippen LogP contribution >= 0.6 is 0 Å². The van der Waals surface area contributed by atoms with Crippen LogP contribution in [0.2, 0.25) is 0 Å². The summed E-state index contributed by atoms with van der Waals surface area (Å²) < 4.78 is 5.48. The highest BCUT2D eigenvalue weighted by molar-refractivity contribution is 5.58. The number of anilines is 1. The maximum absolute atomic E-state index is 8.62. The molecular formula is C11H17NO2. The molecule has 0 radical (unpaired) electrons. The van der Waals surface area contributed by atoms with Crippen LogP contribution in [0.5, 0.6) is 5.75 Å². The fourth-order valence-corrected chi connectivity index (χ4v) is 1.42. The van der Waals surface area contributed by atoms with Gasteiger partial charge in [-0.1, -0.05) is 6.07 Å². The largest absolute Gasteiger partial charge is 0.491 e. The highest BCUT2D eigenvalue weighted by Gasteiger charge is 2.04. The van der Waals surface area contributed by atoms with Crippen LogP contribution in [0.4, 0.5) is 5.69 Å². The first-order valence-corrected chi connectivity index (χ1v) is 4.75. The average Bonchev–Trinajstić information content (AvgIpc) is 2.09. The zero-order valence-corrected chi connectivity index (χ0v) is 8.71. The van der Waals surface area contributed by atoms with E-state index in [4.69, 9.17) is 15.6 Å². The Morgan fingerprint density at radius 3 is 2.64 bits per heavy atom. The minimum Gasteiger partial charge on any atom is -0.491 e. The van der Waals surface area contributed by atoms with Gasteiger partial charge >= 0.3 is 0 Å². The number of nitrogen functional groups attached to an aromatic ring is 1. The fraction of sp³-hybridized carbons (Fsp3) is 0.455. The lowest BCUT2D eigenvalue weighted by Gasteiger charge is -2.12. The molecule has 0 atom stereocenters. The van der Waals surface area contributed by atoms with Gasteiger partial charge in [-0.15, -0.1) is 0 Å². The van der Waals surface area contributed by atoms with Crippen molar-refractivity contribution in [3.05, 3.63) is 23.3 Å². The monoisotopic (exact) mass is 195 g/mol. The van der Waals surface area contributed by atoms with Gasteiger partial charge in [-0.3, -0.25) is 0 Å². The Kier molecular flexibility index (Phi) is 3.77. The average molecular weight is 195 g/mol. The number of aliphatic hydroxyl groups is 1. The van der Waals surface area contributed by atoms with Gasteiger partial charge in [0.25, 0.3) is 0 Å². The van der Waals surface area contributed by atoms with Crippen LogP contribution in [-0.4, -0.2) is 18.3 Å². The molecule has 0 saturated heterocycles. The summed E-state index contributed by atoms with van der Waals surface area (Å²) in [4.78, 5) is 0. The third kappa shape index (κ3) is 2.64. The van der Waals surface area contributed by atoms with Crippen LogP contribution in [-0.2, 0) is 0 Å². The topological polar surface area (TPSA) is 55.5 Å². The summed E-state index contributed by atoms with van der Waals surface area (Å²) in [6.07, 6.45) is 0.632. The summed E-state index contributed by atoms with van der Waals surface area (Å²) in [6.45, 7) is 4.62. The minimum atomic E-state index is 0.144. The van der Waals surface area contributed by atoms with Crippen LogP contribution in [0.15, 0.2) is 12.1 Å². The second-order valence-corrected chi connectivity index (χ2v) is 3.43. The molecule has 0 aromatic heterocycles. The number of aryl methyl sites for hydroxylation is 2. The lowest BCUT2D eigenvalue weighted by molar-refractivity contribution is 0.233. The van der Waals surface area contributed by atoms with Crippen molar-refractivity contribution in [1.29, 1.82) is 0 Å². The highest BCUT2D eigenvalue weighted by Crippen LogP contribution is 2.27. The number of aliphatic hydroxyl groups excluding tert-OH is 1. The van der Waals surface area contributed by atoms with Crippen molar-refractivity contribution < 1.29 is 9.84 Å². The van der Waals surface area contributed by atoms with Crippen LogP contribution < -0.4 is 10.5 Å². The van der Waals surface area contributed by atoms with E-state index in [1.54, 1.807) is 0 Å². The number of nitrogens with two attached hydrogens (primary N) is 1. The summed E-state index contributed by atoms with van der Waals surface area (Å²) in [5, 5.41) is 8.62. The maximum Gasteiger partial charge on any atom is 0.145 e. The Hall–Kier alpha value is -1.22. The van der Waals surface area contributed by atoms with E-state index < -0.39 is 0 Å². The Bertz CT molecular complexity index is 287. The van der Waals surface area contributed by atoms with E-state index in [0.29, 0.717) is 18.7 Å². The summed E-state index contributed by atoms with van der Waals surface area (Å²) in [5.74, 6) is 0.740. The molecule has 3 N–H and O–H groups in total. The number of hydrogen-bond donors (Lipinski definition) is 2. The molecule has 14 heavy (non-hydrogen) atoms. The highest BCUT2D eigenvalue weighted by atomic mass is 16.5. The Morgan fingerprint density at radius 1 is 1.36 bits per heavy atom. The first kappa shape index (κ1) is 10.9. The van der Waals surface area contributed by atoms with E-state index >= 15 is 0 Å². The molecule has 1 aromatic carbocycles. The smallest absolute Gasteiger partial charge is 0.145 e. The molecule has 0 unspecified atom stereocenters. The van der Waals surface area contributed by atoms with Crippen LogP contribution in [0.1, 0.15) is 17.5 Å². The van der Waals surface area contributed by atoms with Gasteiger partial charge in [-0.05, 0) is 31.0 Å². The second-order valence-electron chi connectivity index (χ2n) is 3.43. The molecule has 0 saturated carbocycles. The molecule has 1 rings (SSSR count). The summed E-state index contributed by atoms with van der Waals surface area (Å²) in [5.41, 5.74) is 8.66. The molecular weight excluding hydrogens is 178 g/mol. The number of ether oxygens (including phenoxy) is 1. The number of benzene rings is 1. The molecule has 0 bridgehead atoms. The molecule has 0 spiro atoms. The van der Waals surface area contributed by atoms with Crippen LogP contribution in [0.25, 0.3) is 0 Å². The number of hydrogen-bond acceptors (Lipinski definition) is 3. The van der Waals surface area contributed by atoms with Gasteiger partial charge in [-0.2, -0.15) is 0 Å². The molecule has 0 aliphatic rings. The normalized spacial score (nSPS) is 10.2. The summed E-state index contributed by atoms with van der Waals surface area (Å²) in [6, 6.07) is 3.92. The van der Waals surface area contributed by atoms with Crippen LogP contribution in [0, 0.1) is 13.8 Å². The second kappa shape index (κ2) is 4.86. The van der Waals surface area contributed by atoms with Gasteiger partial charge in [0.15, 0.2) is 0 Å². The van der Waals surface area contributed by atoms with E-state index in [1.165, 1.54) is 0 Å². The predicted octanol–water partition coefficient (Wildman–Crippen LogP) is 1.65. The fourth-order valence-electron chi connectivity index (χ4n) is 1.42. The van der Waals surface area contributed by atoms with Gasteiger partial charge in [0.05, 0.1) is 12.3 Å². The van der Waals surface area contributed by atoms with Crippen molar-refractivity contribution in [1.82, 2.24) is 0 Å². The zero-order valence-electron chi connectivity index (χ0n) is 8.71. The Morgan fingerprint density at radius 2 is 2.07 bits per heavy atom. The third-order valence-corrected chi connectivity index (χ3v) is 2.00. The van der Waals surface area contributed by atoms with E-state index in [-0.39, 0.29) is 6.61 Å². The lowest BCUT2D eigenvalue weighted by Crippen LogP contribution is -2.04. The summed E-state index contributed by atoms with van der Waals surface area (Å²) >= 11 is 0. The van der Waals surface area contributed by atoms with Gasteiger partial charge in [0.1, 0.15) is 5.75 Å². The SMILES string of the molecule is Cc1cc(C)c(OCCCO)c(N)c1. The summed E-state index contributed by atoms with van der Waals surface area (Å²) in [7, 11) is 0. The van der Waals surface area contributed by atoms with Crippen molar-refractivity contribution >= 4 is 5.69 Å². The third-order valence-electron chi connectivity index (χ3n) is 2.00. The molecule has 1 aromatic rings.